The van der Waals surface area contributed by atoms with Gasteiger partial charge in [0, 0.05) is 11.9 Å². The molecule has 1 aliphatic rings. The van der Waals surface area contributed by atoms with Crippen molar-refractivity contribution in [3.63, 3.8) is 0 Å². The first kappa shape index (κ1) is 15.8. The van der Waals surface area contributed by atoms with Crippen LogP contribution in [-0.2, 0) is 4.74 Å². The molecule has 0 aliphatic heterocycles. The Morgan fingerprint density at radius 2 is 1.78 bits per heavy atom. The number of halogens is 1. The molecule has 0 bridgehead atoms. The first-order chi connectivity index (χ1) is 8.40. The Balaban J connectivity index is 2.16. The van der Waals surface area contributed by atoms with Crippen molar-refractivity contribution in [1.82, 2.24) is 5.32 Å². The Morgan fingerprint density at radius 3 is 2.28 bits per heavy atom. The van der Waals surface area contributed by atoms with Crippen LogP contribution in [0.25, 0.3) is 0 Å². The Bertz CT molecular complexity index is 255. The summed E-state index contributed by atoms with van der Waals surface area (Å²) in [5.41, 5.74) is -0.405. The van der Waals surface area contributed by atoms with Crippen molar-refractivity contribution in [3.05, 3.63) is 0 Å². The van der Waals surface area contributed by atoms with Gasteiger partial charge in [-0.1, -0.05) is 28.8 Å². The van der Waals surface area contributed by atoms with Crippen molar-refractivity contribution >= 4 is 22.0 Å². The molecule has 1 N–H and O–H groups in total. The number of amides is 1. The van der Waals surface area contributed by atoms with Gasteiger partial charge in [0.1, 0.15) is 5.60 Å². The van der Waals surface area contributed by atoms with Gasteiger partial charge in [-0.2, -0.15) is 0 Å². The summed E-state index contributed by atoms with van der Waals surface area (Å²) in [6.45, 7) is 6.42. The van der Waals surface area contributed by atoms with E-state index in [4.69, 9.17) is 4.74 Å². The molecule has 0 saturated heterocycles. The average Bonchev–Trinajstić information content (AvgIpc) is 2.26. The minimum atomic E-state index is -0.405. The zero-order chi connectivity index (χ0) is 13.6. The number of carbonyl (C=O) groups excluding carboxylic acids is 1. The van der Waals surface area contributed by atoms with Gasteiger partial charge in [-0.05, 0) is 51.9 Å². The minimum Gasteiger partial charge on any atom is -0.444 e. The molecule has 0 aromatic carbocycles. The maximum Gasteiger partial charge on any atom is 0.407 e. The lowest BCUT2D eigenvalue weighted by Crippen LogP contribution is -2.36. The molecule has 0 heterocycles. The van der Waals surface area contributed by atoms with E-state index < -0.39 is 5.60 Å². The van der Waals surface area contributed by atoms with Gasteiger partial charge < -0.3 is 10.1 Å². The molecule has 1 amide bonds. The molecule has 1 fully saturated rings. The summed E-state index contributed by atoms with van der Waals surface area (Å²) in [6.07, 6.45) is 6.05. The molecule has 1 aliphatic carbocycles. The number of alkyl carbamates (subject to hydrolysis) is 1. The topological polar surface area (TPSA) is 38.3 Å². The van der Waals surface area contributed by atoms with E-state index in [-0.39, 0.29) is 6.09 Å². The Hall–Kier alpha value is -0.250. The molecule has 18 heavy (non-hydrogen) atoms. The van der Waals surface area contributed by atoms with Crippen molar-refractivity contribution in [2.45, 2.75) is 58.5 Å². The van der Waals surface area contributed by atoms with E-state index in [1.807, 2.05) is 20.8 Å². The van der Waals surface area contributed by atoms with Crippen molar-refractivity contribution < 1.29 is 9.53 Å². The second-order valence-electron chi connectivity index (χ2n) is 6.25. The van der Waals surface area contributed by atoms with Gasteiger partial charge in [-0.3, -0.25) is 0 Å². The van der Waals surface area contributed by atoms with Crippen LogP contribution >= 0.6 is 15.9 Å². The molecule has 1 rings (SSSR count). The highest BCUT2D eigenvalue weighted by molar-refractivity contribution is 9.09. The van der Waals surface area contributed by atoms with E-state index in [2.05, 4.69) is 21.2 Å². The second-order valence-corrected chi connectivity index (χ2v) is 7.04. The first-order valence-corrected chi connectivity index (χ1v) is 8.05. The van der Waals surface area contributed by atoms with Gasteiger partial charge in [0.2, 0.25) is 0 Å². The number of nitrogens with one attached hydrogen (secondary N) is 1. The van der Waals surface area contributed by atoms with Gasteiger partial charge in [0.05, 0.1) is 0 Å². The van der Waals surface area contributed by atoms with Crippen molar-refractivity contribution in [2.24, 2.45) is 11.8 Å². The van der Waals surface area contributed by atoms with Gasteiger partial charge >= 0.3 is 6.09 Å². The van der Waals surface area contributed by atoms with Crippen molar-refractivity contribution in [1.29, 1.82) is 0 Å². The highest BCUT2D eigenvalue weighted by Gasteiger charge is 2.22. The maximum atomic E-state index is 11.5. The third-order valence-electron chi connectivity index (χ3n) is 3.42. The summed E-state index contributed by atoms with van der Waals surface area (Å²) in [7, 11) is 0. The van der Waals surface area contributed by atoms with E-state index >= 15 is 0 Å². The Kier molecular flexibility index (Phi) is 6.47. The van der Waals surface area contributed by atoms with Crippen LogP contribution in [0.4, 0.5) is 4.79 Å². The largest absolute Gasteiger partial charge is 0.444 e. The number of hydrogen-bond acceptors (Lipinski definition) is 2. The molecule has 4 heteroatoms. The normalized spacial score (nSPS) is 24.7. The molecule has 0 atom stereocenters. The SMILES string of the molecule is CC(C)(C)OC(=O)NCC1CCC(CCBr)CC1. The van der Waals surface area contributed by atoms with E-state index in [0.717, 1.165) is 17.8 Å². The lowest BCUT2D eigenvalue weighted by Gasteiger charge is -2.28. The van der Waals surface area contributed by atoms with Crippen LogP contribution in [0.5, 0.6) is 0 Å². The summed E-state index contributed by atoms with van der Waals surface area (Å²) in [5.74, 6) is 1.51. The van der Waals surface area contributed by atoms with E-state index in [9.17, 15) is 4.79 Å². The quantitative estimate of drug-likeness (QED) is 0.792. The Labute approximate surface area is 119 Å². The fourth-order valence-electron chi connectivity index (χ4n) is 2.42. The average molecular weight is 320 g/mol. The third-order valence-corrected chi connectivity index (χ3v) is 3.88. The molecular formula is C14H26BrNO2. The lowest BCUT2D eigenvalue weighted by molar-refractivity contribution is 0.0513. The fraction of sp³-hybridized carbons (Fsp3) is 0.929. The molecular weight excluding hydrogens is 294 g/mol. The van der Waals surface area contributed by atoms with E-state index in [1.54, 1.807) is 0 Å². The Morgan fingerprint density at radius 1 is 1.22 bits per heavy atom. The van der Waals surface area contributed by atoms with Crippen LogP contribution in [0.15, 0.2) is 0 Å². The van der Waals surface area contributed by atoms with Gasteiger partial charge in [-0.15, -0.1) is 0 Å². The van der Waals surface area contributed by atoms with Gasteiger partial charge in [0.15, 0.2) is 0 Å². The number of rotatable bonds is 4. The molecule has 0 spiro atoms. The molecule has 1 saturated carbocycles. The van der Waals surface area contributed by atoms with Gasteiger partial charge in [0.25, 0.3) is 0 Å². The lowest BCUT2D eigenvalue weighted by atomic mass is 9.81. The first-order valence-electron chi connectivity index (χ1n) is 6.93. The predicted octanol–water partition coefficient (Wildman–Crippen LogP) is 4.10. The number of carbonyl (C=O) groups is 1. The molecule has 0 unspecified atom stereocenters. The predicted molar refractivity (Wildman–Crippen MR) is 78.1 cm³/mol. The van der Waals surface area contributed by atoms with Crippen molar-refractivity contribution in [2.75, 3.05) is 11.9 Å². The summed E-state index contributed by atoms with van der Waals surface area (Å²) in [6, 6.07) is 0. The zero-order valence-corrected chi connectivity index (χ0v) is 13.4. The highest BCUT2D eigenvalue weighted by atomic mass is 79.9. The molecule has 0 radical (unpaired) electrons. The standard InChI is InChI=1S/C14H26BrNO2/c1-14(2,3)18-13(17)16-10-12-6-4-11(5-7-12)8-9-15/h11-12H,4-10H2,1-3H3,(H,16,17). The van der Waals surface area contributed by atoms with Crippen molar-refractivity contribution in [3.8, 4) is 0 Å². The second kappa shape index (κ2) is 7.37. The third kappa shape index (κ3) is 6.62. The molecule has 0 aromatic rings. The summed E-state index contributed by atoms with van der Waals surface area (Å²) >= 11 is 3.50. The van der Waals surface area contributed by atoms with Crippen LogP contribution in [0.1, 0.15) is 52.9 Å². The molecule has 3 nitrogen and oxygen atoms in total. The van der Waals surface area contributed by atoms with Gasteiger partial charge in [-0.25, -0.2) is 4.79 Å². The number of hydrogen-bond donors (Lipinski definition) is 1. The van der Waals surface area contributed by atoms with E-state index in [1.165, 1.54) is 32.1 Å². The van der Waals surface area contributed by atoms with E-state index in [0.29, 0.717) is 5.92 Å². The van der Waals surface area contributed by atoms with Crippen LogP contribution in [-0.4, -0.2) is 23.6 Å². The monoisotopic (exact) mass is 319 g/mol. The summed E-state index contributed by atoms with van der Waals surface area (Å²) < 4.78 is 5.23. The zero-order valence-electron chi connectivity index (χ0n) is 11.8. The highest BCUT2D eigenvalue weighted by Crippen LogP contribution is 2.30. The number of ether oxygens (including phenoxy) is 1. The van der Waals surface area contributed by atoms with Crippen LogP contribution in [0.2, 0.25) is 0 Å². The number of alkyl halides is 1. The van der Waals surface area contributed by atoms with Crippen LogP contribution < -0.4 is 5.32 Å². The minimum absolute atomic E-state index is 0.287. The van der Waals surface area contributed by atoms with Crippen LogP contribution in [0.3, 0.4) is 0 Å². The fourth-order valence-corrected chi connectivity index (χ4v) is 3.07. The maximum absolute atomic E-state index is 11.5. The molecule has 106 valence electrons. The smallest absolute Gasteiger partial charge is 0.407 e. The van der Waals surface area contributed by atoms with Crippen LogP contribution in [0, 0.1) is 11.8 Å². The molecule has 0 aromatic heterocycles. The summed E-state index contributed by atoms with van der Waals surface area (Å²) in [4.78, 5) is 11.5. The summed E-state index contributed by atoms with van der Waals surface area (Å²) in [5, 5.41) is 3.99.